The molecule has 0 bridgehead atoms. The summed E-state index contributed by atoms with van der Waals surface area (Å²) in [5.41, 5.74) is 7.81. The molecule has 0 aliphatic heterocycles. The molecule has 3 nitrogen and oxygen atoms in total. The van der Waals surface area contributed by atoms with Crippen LogP contribution in [0.1, 0.15) is 6.92 Å². The monoisotopic (exact) mass is 246 g/mol. The molecular formula is C14H15FN2O. The second kappa shape index (κ2) is 5.40. The minimum absolute atomic E-state index is 0.283. The van der Waals surface area contributed by atoms with Crippen LogP contribution in [-0.4, -0.2) is 6.61 Å². The highest BCUT2D eigenvalue weighted by molar-refractivity contribution is 5.66. The van der Waals surface area contributed by atoms with E-state index < -0.39 is 0 Å². The molecule has 2 rings (SSSR count). The van der Waals surface area contributed by atoms with E-state index in [2.05, 4.69) is 5.32 Å². The van der Waals surface area contributed by atoms with Gasteiger partial charge in [0.05, 0.1) is 6.61 Å². The Morgan fingerprint density at radius 1 is 1.17 bits per heavy atom. The first kappa shape index (κ1) is 12.2. The summed E-state index contributed by atoms with van der Waals surface area (Å²) in [5.74, 6) is 0.408. The molecule has 0 saturated heterocycles. The van der Waals surface area contributed by atoms with Crippen molar-refractivity contribution in [2.45, 2.75) is 6.92 Å². The number of rotatable bonds is 4. The maximum Gasteiger partial charge on any atom is 0.125 e. The van der Waals surface area contributed by atoms with Gasteiger partial charge in [-0.3, -0.25) is 0 Å². The molecule has 0 heterocycles. The normalized spacial score (nSPS) is 10.1. The summed E-state index contributed by atoms with van der Waals surface area (Å²) >= 11 is 0. The number of anilines is 3. The minimum Gasteiger partial charge on any atom is -0.494 e. The Kier molecular flexibility index (Phi) is 3.67. The molecule has 18 heavy (non-hydrogen) atoms. The highest BCUT2D eigenvalue weighted by Gasteiger charge is 2.01. The largest absolute Gasteiger partial charge is 0.494 e. The maximum atomic E-state index is 13.1. The number of nitrogens with two attached hydrogens (primary N) is 1. The highest BCUT2D eigenvalue weighted by atomic mass is 19.1. The maximum absolute atomic E-state index is 13.1. The molecular weight excluding hydrogens is 231 g/mol. The number of hydrogen-bond acceptors (Lipinski definition) is 3. The van der Waals surface area contributed by atoms with E-state index in [1.807, 2.05) is 13.0 Å². The second-order valence-corrected chi connectivity index (χ2v) is 3.86. The van der Waals surface area contributed by atoms with E-state index in [0.29, 0.717) is 23.7 Å². The van der Waals surface area contributed by atoms with Gasteiger partial charge in [-0.25, -0.2) is 4.39 Å². The van der Waals surface area contributed by atoms with Gasteiger partial charge in [-0.2, -0.15) is 0 Å². The topological polar surface area (TPSA) is 47.3 Å². The van der Waals surface area contributed by atoms with E-state index in [4.69, 9.17) is 10.5 Å². The Balaban J connectivity index is 2.23. The summed E-state index contributed by atoms with van der Waals surface area (Å²) in [6, 6.07) is 11.6. The molecule has 0 aliphatic rings. The zero-order valence-electron chi connectivity index (χ0n) is 10.1. The van der Waals surface area contributed by atoms with Crippen molar-refractivity contribution in [3.63, 3.8) is 0 Å². The average Bonchev–Trinajstić information content (AvgIpc) is 2.28. The first-order chi connectivity index (χ1) is 8.67. The average molecular weight is 246 g/mol. The van der Waals surface area contributed by atoms with Crippen LogP contribution in [0.25, 0.3) is 0 Å². The van der Waals surface area contributed by atoms with Crippen LogP contribution in [0.15, 0.2) is 42.5 Å². The minimum atomic E-state index is -0.283. The Morgan fingerprint density at radius 2 is 2.00 bits per heavy atom. The molecule has 3 N–H and O–H groups in total. The predicted molar refractivity (Wildman–Crippen MR) is 71.7 cm³/mol. The molecule has 0 fully saturated rings. The van der Waals surface area contributed by atoms with Crippen LogP contribution in [-0.2, 0) is 0 Å². The molecule has 2 aromatic carbocycles. The number of halogens is 1. The zero-order valence-corrected chi connectivity index (χ0v) is 10.1. The molecule has 0 amide bonds. The number of hydrogen-bond donors (Lipinski definition) is 2. The van der Waals surface area contributed by atoms with Gasteiger partial charge in [0.25, 0.3) is 0 Å². The van der Waals surface area contributed by atoms with Crippen molar-refractivity contribution in [1.29, 1.82) is 0 Å². The lowest BCUT2D eigenvalue weighted by molar-refractivity contribution is 0.340. The van der Waals surface area contributed by atoms with E-state index in [1.54, 1.807) is 24.3 Å². The molecule has 0 aromatic heterocycles. The van der Waals surface area contributed by atoms with Gasteiger partial charge in [0.1, 0.15) is 11.6 Å². The summed E-state index contributed by atoms with van der Waals surface area (Å²) in [6.07, 6.45) is 0. The first-order valence-corrected chi connectivity index (χ1v) is 5.73. The Bertz CT molecular complexity index is 543. The van der Waals surface area contributed by atoms with Gasteiger partial charge in [-0.1, -0.05) is 6.07 Å². The fourth-order valence-corrected chi connectivity index (χ4v) is 1.68. The number of ether oxygens (including phenoxy) is 1. The first-order valence-electron chi connectivity index (χ1n) is 5.73. The quantitative estimate of drug-likeness (QED) is 0.811. The number of benzene rings is 2. The van der Waals surface area contributed by atoms with Gasteiger partial charge in [0, 0.05) is 29.2 Å². The predicted octanol–water partition coefficient (Wildman–Crippen LogP) is 3.55. The molecule has 2 aromatic rings. The molecule has 94 valence electrons. The third-order valence-electron chi connectivity index (χ3n) is 2.35. The fraction of sp³-hybridized carbons (Fsp3) is 0.143. The van der Waals surface area contributed by atoms with E-state index in [9.17, 15) is 4.39 Å². The van der Waals surface area contributed by atoms with Crippen LogP contribution in [0.3, 0.4) is 0 Å². The smallest absolute Gasteiger partial charge is 0.125 e. The van der Waals surface area contributed by atoms with Crippen LogP contribution in [0, 0.1) is 5.82 Å². The summed E-state index contributed by atoms with van der Waals surface area (Å²) < 4.78 is 18.5. The number of nitrogens with one attached hydrogen (secondary N) is 1. The van der Waals surface area contributed by atoms with Gasteiger partial charge in [-0.15, -0.1) is 0 Å². The fourth-order valence-electron chi connectivity index (χ4n) is 1.68. The second-order valence-electron chi connectivity index (χ2n) is 3.86. The Morgan fingerprint density at radius 3 is 2.72 bits per heavy atom. The summed E-state index contributed by atoms with van der Waals surface area (Å²) in [5, 5.41) is 3.08. The highest BCUT2D eigenvalue weighted by Crippen LogP contribution is 2.25. The zero-order chi connectivity index (χ0) is 13.0. The van der Waals surface area contributed by atoms with Crippen LogP contribution < -0.4 is 15.8 Å². The van der Waals surface area contributed by atoms with Crippen LogP contribution in [0.4, 0.5) is 21.5 Å². The van der Waals surface area contributed by atoms with Gasteiger partial charge >= 0.3 is 0 Å². The van der Waals surface area contributed by atoms with Crippen molar-refractivity contribution in [2.75, 3.05) is 17.7 Å². The van der Waals surface area contributed by atoms with E-state index in [-0.39, 0.29) is 5.82 Å². The van der Waals surface area contributed by atoms with Crippen molar-refractivity contribution in [1.82, 2.24) is 0 Å². The van der Waals surface area contributed by atoms with Crippen LogP contribution >= 0.6 is 0 Å². The third kappa shape index (κ3) is 3.13. The molecule has 0 atom stereocenters. The Hall–Kier alpha value is -2.23. The molecule has 0 aliphatic carbocycles. The standard InChI is InChI=1S/C14H15FN2O/c1-2-18-14-8-11(16)7-13(9-14)17-12-5-3-4-10(15)6-12/h3-9,17H,2,16H2,1H3. The van der Waals surface area contributed by atoms with Gasteiger partial charge < -0.3 is 15.8 Å². The van der Waals surface area contributed by atoms with E-state index in [1.165, 1.54) is 12.1 Å². The lowest BCUT2D eigenvalue weighted by Gasteiger charge is -2.10. The van der Waals surface area contributed by atoms with Crippen molar-refractivity contribution in [3.05, 3.63) is 48.3 Å². The third-order valence-corrected chi connectivity index (χ3v) is 2.35. The van der Waals surface area contributed by atoms with Crippen LogP contribution in [0.5, 0.6) is 5.75 Å². The van der Waals surface area contributed by atoms with Gasteiger partial charge in [-0.05, 0) is 31.2 Å². The molecule has 0 radical (unpaired) electrons. The van der Waals surface area contributed by atoms with Gasteiger partial charge in [0.2, 0.25) is 0 Å². The Labute approximate surface area is 105 Å². The lowest BCUT2D eigenvalue weighted by Crippen LogP contribution is -1.97. The van der Waals surface area contributed by atoms with Crippen LogP contribution in [0.2, 0.25) is 0 Å². The summed E-state index contributed by atoms with van der Waals surface area (Å²) in [6.45, 7) is 2.48. The van der Waals surface area contributed by atoms with Crippen molar-refractivity contribution < 1.29 is 9.13 Å². The molecule has 0 unspecified atom stereocenters. The van der Waals surface area contributed by atoms with Crippen molar-refractivity contribution in [2.24, 2.45) is 0 Å². The molecule has 4 heteroatoms. The molecule has 0 spiro atoms. The van der Waals surface area contributed by atoms with Crippen molar-refractivity contribution in [3.8, 4) is 5.75 Å². The number of nitrogen functional groups attached to an aromatic ring is 1. The van der Waals surface area contributed by atoms with E-state index in [0.717, 1.165) is 5.69 Å². The van der Waals surface area contributed by atoms with E-state index >= 15 is 0 Å². The van der Waals surface area contributed by atoms with Gasteiger partial charge in [0.15, 0.2) is 0 Å². The summed E-state index contributed by atoms with van der Waals surface area (Å²) in [7, 11) is 0. The SMILES string of the molecule is CCOc1cc(N)cc(Nc2cccc(F)c2)c1. The summed E-state index contributed by atoms with van der Waals surface area (Å²) in [4.78, 5) is 0. The van der Waals surface area contributed by atoms with Crippen molar-refractivity contribution >= 4 is 17.1 Å². The lowest BCUT2D eigenvalue weighted by atomic mass is 10.2. The molecule has 0 saturated carbocycles.